The largest absolute Gasteiger partial charge is 0.483 e. The molecule has 0 aliphatic rings. The van der Waals surface area contributed by atoms with Crippen molar-refractivity contribution < 1.29 is 27.5 Å². The van der Waals surface area contributed by atoms with Crippen molar-refractivity contribution >= 4 is 23.2 Å². The molecular weight excluding hydrogens is 445 g/mol. The number of nitrogens with one attached hydrogen (secondary N) is 2. The van der Waals surface area contributed by atoms with Crippen molar-refractivity contribution in [3.05, 3.63) is 89.0 Å². The fraction of sp³-hybridized carbons (Fsp3) is 0.231. The Balaban J connectivity index is 1.58. The fourth-order valence-electron chi connectivity index (χ4n) is 3.27. The van der Waals surface area contributed by atoms with E-state index in [4.69, 9.17) is 4.74 Å². The van der Waals surface area contributed by atoms with E-state index >= 15 is 0 Å². The van der Waals surface area contributed by atoms with Crippen LogP contribution in [-0.4, -0.2) is 18.4 Å². The first-order valence-electron chi connectivity index (χ1n) is 10.6. The summed E-state index contributed by atoms with van der Waals surface area (Å²) in [5, 5.41) is 5.14. The molecule has 0 radical (unpaired) electrons. The zero-order valence-corrected chi connectivity index (χ0v) is 19.0. The van der Waals surface area contributed by atoms with Crippen LogP contribution in [0.15, 0.2) is 66.7 Å². The van der Waals surface area contributed by atoms with Gasteiger partial charge in [-0.05, 0) is 72.5 Å². The van der Waals surface area contributed by atoms with Crippen molar-refractivity contribution in [3.8, 4) is 5.75 Å². The molecule has 0 aromatic heterocycles. The predicted octanol–water partition coefficient (Wildman–Crippen LogP) is 6.41. The summed E-state index contributed by atoms with van der Waals surface area (Å²) in [6.45, 7) is 5.85. The van der Waals surface area contributed by atoms with Crippen molar-refractivity contribution in [3.63, 3.8) is 0 Å². The molecule has 0 aliphatic heterocycles. The Morgan fingerprint density at radius 1 is 0.912 bits per heavy atom. The highest BCUT2D eigenvalue weighted by Gasteiger charge is 2.30. The molecule has 2 N–H and O–H groups in total. The number of hydrogen-bond donors (Lipinski definition) is 2. The second-order valence-electron chi connectivity index (χ2n) is 8.14. The van der Waals surface area contributed by atoms with Gasteiger partial charge >= 0.3 is 6.18 Å². The molecule has 0 bridgehead atoms. The molecule has 0 saturated carbocycles. The third-order valence-electron chi connectivity index (χ3n) is 5.03. The van der Waals surface area contributed by atoms with Gasteiger partial charge in [0.15, 0.2) is 6.61 Å². The van der Waals surface area contributed by atoms with Crippen molar-refractivity contribution in [2.24, 2.45) is 0 Å². The van der Waals surface area contributed by atoms with E-state index in [0.29, 0.717) is 11.4 Å². The SMILES string of the molecule is Cc1ccc(C(C)C)c(OCC(=O)Nc2ccc(C(=O)Nc3cccc(C(F)(F)F)c3)cc2)c1. The van der Waals surface area contributed by atoms with Crippen LogP contribution in [0.1, 0.15) is 46.8 Å². The summed E-state index contributed by atoms with van der Waals surface area (Å²) in [5.41, 5.74) is 1.90. The first-order valence-corrected chi connectivity index (χ1v) is 10.6. The van der Waals surface area contributed by atoms with Crippen molar-refractivity contribution in [2.45, 2.75) is 32.9 Å². The van der Waals surface area contributed by atoms with E-state index in [1.807, 2.05) is 39.0 Å². The topological polar surface area (TPSA) is 67.4 Å². The Bertz CT molecular complexity index is 1170. The summed E-state index contributed by atoms with van der Waals surface area (Å²) >= 11 is 0. The van der Waals surface area contributed by atoms with Gasteiger partial charge in [0, 0.05) is 16.9 Å². The van der Waals surface area contributed by atoms with Crippen LogP contribution in [-0.2, 0) is 11.0 Å². The summed E-state index contributed by atoms with van der Waals surface area (Å²) in [7, 11) is 0. The van der Waals surface area contributed by atoms with Crippen molar-refractivity contribution in [2.75, 3.05) is 17.2 Å². The van der Waals surface area contributed by atoms with Gasteiger partial charge in [-0.15, -0.1) is 0 Å². The lowest BCUT2D eigenvalue weighted by atomic mass is 10.0. The standard InChI is InChI=1S/C26H25F3N2O3/c1-16(2)22-12-7-17(3)13-23(22)34-15-24(32)30-20-10-8-18(9-11-20)25(33)31-21-6-4-5-19(14-21)26(27,28)29/h4-14,16H,15H2,1-3H3,(H,30,32)(H,31,33). The molecule has 8 heteroatoms. The van der Waals surface area contributed by atoms with Crippen LogP contribution in [0.3, 0.4) is 0 Å². The first-order chi connectivity index (χ1) is 16.0. The van der Waals surface area contributed by atoms with Gasteiger partial charge in [0.2, 0.25) is 0 Å². The van der Waals surface area contributed by atoms with Crippen LogP contribution in [0.5, 0.6) is 5.75 Å². The van der Waals surface area contributed by atoms with Crippen molar-refractivity contribution in [1.82, 2.24) is 0 Å². The Kier molecular flexibility index (Phi) is 7.61. The summed E-state index contributed by atoms with van der Waals surface area (Å²) in [4.78, 5) is 24.7. The molecule has 0 aliphatic carbocycles. The normalized spacial score (nSPS) is 11.3. The minimum atomic E-state index is -4.50. The Labute approximate surface area is 195 Å². The molecule has 3 rings (SSSR count). The summed E-state index contributed by atoms with van der Waals surface area (Å²) < 4.78 is 44.3. The number of carbonyl (C=O) groups excluding carboxylic acids is 2. The van der Waals surface area contributed by atoms with Gasteiger partial charge in [0.05, 0.1) is 5.56 Å². The summed E-state index contributed by atoms with van der Waals surface area (Å²) in [6, 6.07) is 16.3. The second kappa shape index (κ2) is 10.4. The third-order valence-corrected chi connectivity index (χ3v) is 5.03. The van der Waals surface area contributed by atoms with Gasteiger partial charge in [0.25, 0.3) is 11.8 Å². The van der Waals surface area contributed by atoms with Crippen LogP contribution >= 0.6 is 0 Å². The summed E-state index contributed by atoms with van der Waals surface area (Å²) in [5.74, 6) is -0.0290. The van der Waals surface area contributed by atoms with Crippen LogP contribution in [0, 0.1) is 6.92 Å². The minimum Gasteiger partial charge on any atom is -0.483 e. The van der Waals surface area contributed by atoms with E-state index < -0.39 is 17.6 Å². The molecule has 34 heavy (non-hydrogen) atoms. The van der Waals surface area contributed by atoms with Crippen LogP contribution < -0.4 is 15.4 Å². The lowest BCUT2D eigenvalue weighted by molar-refractivity contribution is -0.137. The number of halogens is 3. The summed E-state index contributed by atoms with van der Waals surface area (Å²) in [6.07, 6.45) is -4.50. The van der Waals surface area contributed by atoms with E-state index in [9.17, 15) is 22.8 Å². The lowest BCUT2D eigenvalue weighted by Crippen LogP contribution is -2.20. The van der Waals surface area contributed by atoms with Crippen LogP contribution in [0.4, 0.5) is 24.5 Å². The zero-order chi connectivity index (χ0) is 24.9. The van der Waals surface area contributed by atoms with E-state index in [-0.39, 0.29) is 29.7 Å². The van der Waals surface area contributed by atoms with E-state index in [1.54, 1.807) is 0 Å². The van der Waals surface area contributed by atoms with E-state index in [0.717, 1.165) is 23.3 Å². The molecule has 178 valence electrons. The average molecular weight is 470 g/mol. The monoisotopic (exact) mass is 470 g/mol. The number of anilines is 2. The fourth-order valence-corrected chi connectivity index (χ4v) is 3.27. The number of hydrogen-bond acceptors (Lipinski definition) is 3. The average Bonchev–Trinajstić information content (AvgIpc) is 2.77. The molecule has 2 amide bonds. The zero-order valence-electron chi connectivity index (χ0n) is 19.0. The number of ether oxygens (including phenoxy) is 1. The Hall–Kier alpha value is -3.81. The molecule has 3 aromatic carbocycles. The molecule has 0 heterocycles. The van der Waals surface area contributed by atoms with Crippen LogP contribution in [0.2, 0.25) is 0 Å². The smallest absolute Gasteiger partial charge is 0.416 e. The molecule has 0 saturated heterocycles. The molecule has 5 nitrogen and oxygen atoms in total. The third kappa shape index (κ3) is 6.60. The Morgan fingerprint density at radius 2 is 1.62 bits per heavy atom. The van der Waals surface area contributed by atoms with Gasteiger partial charge in [-0.1, -0.05) is 32.0 Å². The number of benzene rings is 3. The minimum absolute atomic E-state index is 0.0336. The van der Waals surface area contributed by atoms with Crippen molar-refractivity contribution in [1.29, 1.82) is 0 Å². The quantitative estimate of drug-likeness (QED) is 0.420. The number of aryl methyl sites for hydroxylation is 1. The van der Waals surface area contributed by atoms with Crippen LogP contribution in [0.25, 0.3) is 0 Å². The molecule has 3 aromatic rings. The van der Waals surface area contributed by atoms with Gasteiger partial charge in [-0.3, -0.25) is 9.59 Å². The molecule has 0 fully saturated rings. The van der Waals surface area contributed by atoms with Gasteiger partial charge in [0.1, 0.15) is 5.75 Å². The number of alkyl halides is 3. The van der Waals surface area contributed by atoms with Gasteiger partial charge in [-0.2, -0.15) is 13.2 Å². The highest BCUT2D eigenvalue weighted by Crippen LogP contribution is 2.31. The maximum absolute atomic E-state index is 12.8. The molecule has 0 atom stereocenters. The number of rotatable bonds is 7. The first kappa shape index (κ1) is 24.8. The number of amides is 2. The molecular formula is C26H25F3N2O3. The highest BCUT2D eigenvalue weighted by molar-refractivity contribution is 6.04. The lowest BCUT2D eigenvalue weighted by Gasteiger charge is -2.15. The maximum atomic E-state index is 12.8. The second-order valence-corrected chi connectivity index (χ2v) is 8.14. The number of carbonyl (C=O) groups is 2. The molecule has 0 spiro atoms. The van der Waals surface area contributed by atoms with Gasteiger partial charge < -0.3 is 15.4 Å². The van der Waals surface area contributed by atoms with E-state index in [2.05, 4.69) is 10.6 Å². The maximum Gasteiger partial charge on any atom is 0.416 e. The highest BCUT2D eigenvalue weighted by atomic mass is 19.4. The predicted molar refractivity (Wildman–Crippen MR) is 125 cm³/mol. The van der Waals surface area contributed by atoms with E-state index in [1.165, 1.54) is 36.4 Å². The van der Waals surface area contributed by atoms with Gasteiger partial charge in [-0.25, -0.2) is 0 Å². The Morgan fingerprint density at radius 3 is 2.26 bits per heavy atom. The molecule has 0 unspecified atom stereocenters.